The monoisotopic (exact) mass is 371 g/mol. The summed E-state index contributed by atoms with van der Waals surface area (Å²) in [6.45, 7) is 8.62. The molecule has 0 radical (unpaired) electrons. The minimum Gasteiger partial charge on any atom is -0.322 e. The Morgan fingerprint density at radius 3 is 2.19 bits per heavy atom. The van der Waals surface area contributed by atoms with Gasteiger partial charge in [-0.15, -0.1) is 0 Å². The molecule has 1 N–H and O–H groups in total. The number of piperazine rings is 1. The molecule has 0 unspecified atom stereocenters. The molecule has 0 aliphatic carbocycles. The van der Waals surface area contributed by atoms with Gasteiger partial charge in [0, 0.05) is 43.4 Å². The minimum absolute atomic E-state index is 0.0479. The van der Waals surface area contributed by atoms with Crippen LogP contribution in [-0.2, 0) is 6.54 Å². The highest BCUT2D eigenvalue weighted by molar-refractivity contribution is 6.30. The molecule has 1 fully saturated rings. The molecule has 0 saturated carbocycles. The molecule has 5 heteroatoms. The Labute approximate surface area is 160 Å². The molecule has 2 aromatic rings. The lowest BCUT2D eigenvalue weighted by Gasteiger charge is -2.34. The van der Waals surface area contributed by atoms with Crippen LogP contribution in [0.3, 0.4) is 0 Å². The summed E-state index contributed by atoms with van der Waals surface area (Å²) in [5.74, 6) is 0.562. The van der Waals surface area contributed by atoms with Gasteiger partial charge >= 0.3 is 6.03 Å². The van der Waals surface area contributed by atoms with Crippen molar-refractivity contribution >= 4 is 23.3 Å². The number of urea groups is 1. The summed E-state index contributed by atoms with van der Waals surface area (Å²) in [6, 6.07) is 16.0. The van der Waals surface area contributed by atoms with Crippen molar-refractivity contribution in [2.75, 3.05) is 31.5 Å². The van der Waals surface area contributed by atoms with Gasteiger partial charge in [0.15, 0.2) is 0 Å². The first-order valence-electron chi connectivity index (χ1n) is 9.14. The predicted molar refractivity (Wildman–Crippen MR) is 108 cm³/mol. The van der Waals surface area contributed by atoms with Crippen molar-refractivity contribution in [3.63, 3.8) is 0 Å². The lowest BCUT2D eigenvalue weighted by Crippen LogP contribution is -2.49. The van der Waals surface area contributed by atoms with Crippen LogP contribution in [0.15, 0.2) is 48.5 Å². The zero-order chi connectivity index (χ0) is 18.5. The van der Waals surface area contributed by atoms with E-state index < -0.39 is 0 Å². The summed E-state index contributed by atoms with van der Waals surface area (Å²) in [4.78, 5) is 16.6. The third-order valence-corrected chi connectivity index (χ3v) is 5.06. The molecule has 2 aromatic carbocycles. The van der Waals surface area contributed by atoms with Gasteiger partial charge in [0.2, 0.25) is 0 Å². The van der Waals surface area contributed by atoms with Crippen molar-refractivity contribution in [2.24, 2.45) is 0 Å². The van der Waals surface area contributed by atoms with E-state index in [1.807, 2.05) is 17.0 Å². The number of nitrogens with zero attached hydrogens (tertiary/aromatic N) is 2. The van der Waals surface area contributed by atoms with Crippen molar-refractivity contribution in [2.45, 2.75) is 26.3 Å². The quantitative estimate of drug-likeness (QED) is 0.836. The fourth-order valence-corrected chi connectivity index (χ4v) is 3.24. The summed E-state index contributed by atoms with van der Waals surface area (Å²) in [6.07, 6.45) is 0. The Kier molecular flexibility index (Phi) is 6.17. The third-order valence-electron chi connectivity index (χ3n) is 4.81. The number of rotatable bonds is 4. The maximum Gasteiger partial charge on any atom is 0.321 e. The van der Waals surface area contributed by atoms with E-state index >= 15 is 0 Å². The molecule has 0 aromatic heterocycles. The summed E-state index contributed by atoms with van der Waals surface area (Å²) < 4.78 is 0. The highest BCUT2D eigenvalue weighted by Gasteiger charge is 2.21. The van der Waals surface area contributed by atoms with Crippen molar-refractivity contribution in [3.8, 4) is 0 Å². The number of amides is 2. The third kappa shape index (κ3) is 4.99. The fraction of sp³-hybridized carbons (Fsp3) is 0.381. The summed E-state index contributed by atoms with van der Waals surface area (Å²) in [5.41, 5.74) is 3.47. The number of hydrogen-bond acceptors (Lipinski definition) is 2. The van der Waals surface area contributed by atoms with Crippen molar-refractivity contribution in [3.05, 3.63) is 64.7 Å². The molecule has 1 saturated heterocycles. The first kappa shape index (κ1) is 18.7. The highest BCUT2D eigenvalue weighted by Crippen LogP contribution is 2.17. The first-order chi connectivity index (χ1) is 12.5. The number of carbonyl (C=O) groups is 1. The molecule has 1 aliphatic rings. The van der Waals surface area contributed by atoms with Crippen LogP contribution in [-0.4, -0.2) is 42.0 Å². The fourth-order valence-electron chi connectivity index (χ4n) is 3.11. The van der Waals surface area contributed by atoms with E-state index in [9.17, 15) is 4.79 Å². The van der Waals surface area contributed by atoms with Crippen molar-refractivity contribution in [1.29, 1.82) is 0 Å². The van der Waals surface area contributed by atoms with Gasteiger partial charge in [0.1, 0.15) is 0 Å². The summed E-state index contributed by atoms with van der Waals surface area (Å²) in [7, 11) is 0. The van der Waals surface area contributed by atoms with Crippen LogP contribution in [0.4, 0.5) is 10.5 Å². The molecular weight excluding hydrogens is 346 g/mol. The first-order valence-corrected chi connectivity index (χ1v) is 9.52. The van der Waals surface area contributed by atoms with Gasteiger partial charge in [-0.3, -0.25) is 4.90 Å². The van der Waals surface area contributed by atoms with Crippen LogP contribution in [0.1, 0.15) is 30.9 Å². The Hall–Kier alpha value is -2.04. The average Bonchev–Trinajstić information content (AvgIpc) is 2.64. The van der Waals surface area contributed by atoms with Crippen LogP contribution >= 0.6 is 11.6 Å². The van der Waals surface area contributed by atoms with E-state index in [0.29, 0.717) is 10.9 Å². The van der Waals surface area contributed by atoms with E-state index in [1.165, 1.54) is 11.1 Å². The molecule has 1 aliphatic heterocycles. The van der Waals surface area contributed by atoms with E-state index in [-0.39, 0.29) is 6.03 Å². The Balaban J connectivity index is 1.47. The Morgan fingerprint density at radius 1 is 1.00 bits per heavy atom. The predicted octanol–water partition coefficient (Wildman–Crippen LogP) is 4.81. The van der Waals surface area contributed by atoms with Crippen LogP contribution in [0.2, 0.25) is 5.02 Å². The number of nitrogens with one attached hydrogen (secondary N) is 1. The smallest absolute Gasteiger partial charge is 0.321 e. The number of hydrogen-bond donors (Lipinski definition) is 1. The molecule has 4 nitrogen and oxygen atoms in total. The molecule has 26 heavy (non-hydrogen) atoms. The van der Waals surface area contributed by atoms with Crippen molar-refractivity contribution < 1.29 is 4.79 Å². The number of halogens is 1. The second kappa shape index (κ2) is 8.56. The second-order valence-electron chi connectivity index (χ2n) is 7.10. The van der Waals surface area contributed by atoms with E-state index in [4.69, 9.17) is 11.6 Å². The standard InChI is InChI=1S/C21H26ClN3O/c1-16(2)18-5-3-17(4-6-18)15-24-11-13-25(14-12-24)21(26)23-20-9-7-19(22)8-10-20/h3-10,16H,11-15H2,1-2H3,(H,23,26). The van der Waals surface area contributed by atoms with Gasteiger partial charge < -0.3 is 10.2 Å². The maximum absolute atomic E-state index is 12.4. The zero-order valence-electron chi connectivity index (χ0n) is 15.4. The Morgan fingerprint density at radius 2 is 1.62 bits per heavy atom. The number of carbonyl (C=O) groups excluding carboxylic acids is 1. The molecule has 3 rings (SSSR count). The lowest BCUT2D eigenvalue weighted by atomic mass is 10.0. The molecule has 0 bridgehead atoms. The topological polar surface area (TPSA) is 35.6 Å². The van der Waals surface area contributed by atoms with Gasteiger partial charge in [-0.25, -0.2) is 4.79 Å². The largest absolute Gasteiger partial charge is 0.322 e. The molecule has 2 amide bonds. The number of benzene rings is 2. The average molecular weight is 372 g/mol. The van der Waals surface area contributed by atoms with E-state index in [0.717, 1.165) is 38.4 Å². The van der Waals surface area contributed by atoms with Gasteiger partial charge in [-0.2, -0.15) is 0 Å². The van der Waals surface area contributed by atoms with Gasteiger partial charge in [0.25, 0.3) is 0 Å². The molecule has 138 valence electrons. The summed E-state index contributed by atoms with van der Waals surface area (Å²) >= 11 is 5.87. The van der Waals surface area contributed by atoms with Crippen molar-refractivity contribution in [1.82, 2.24) is 9.80 Å². The Bertz CT molecular complexity index is 720. The van der Waals surface area contributed by atoms with Crippen LogP contribution in [0.25, 0.3) is 0 Å². The van der Waals surface area contributed by atoms with Crippen LogP contribution in [0.5, 0.6) is 0 Å². The van der Waals surface area contributed by atoms with E-state index in [1.54, 1.807) is 12.1 Å². The normalized spacial score (nSPS) is 15.3. The van der Waals surface area contributed by atoms with Gasteiger partial charge in [0.05, 0.1) is 0 Å². The van der Waals surface area contributed by atoms with Crippen LogP contribution in [0, 0.1) is 0 Å². The molecular formula is C21H26ClN3O. The van der Waals surface area contributed by atoms with Crippen LogP contribution < -0.4 is 5.32 Å². The number of anilines is 1. The SMILES string of the molecule is CC(C)c1ccc(CN2CCN(C(=O)Nc3ccc(Cl)cc3)CC2)cc1. The van der Waals surface area contributed by atoms with Gasteiger partial charge in [-0.1, -0.05) is 49.7 Å². The minimum atomic E-state index is -0.0479. The summed E-state index contributed by atoms with van der Waals surface area (Å²) in [5, 5.41) is 3.59. The lowest BCUT2D eigenvalue weighted by molar-refractivity contribution is 0.143. The maximum atomic E-state index is 12.4. The zero-order valence-corrected chi connectivity index (χ0v) is 16.2. The highest BCUT2D eigenvalue weighted by atomic mass is 35.5. The molecule has 0 atom stereocenters. The van der Waals surface area contributed by atoms with E-state index in [2.05, 4.69) is 48.3 Å². The molecule has 0 spiro atoms. The molecule has 1 heterocycles. The van der Waals surface area contributed by atoms with Gasteiger partial charge in [-0.05, 0) is 41.3 Å². The second-order valence-corrected chi connectivity index (χ2v) is 7.53.